The van der Waals surface area contributed by atoms with Crippen molar-refractivity contribution in [1.82, 2.24) is 4.57 Å². The van der Waals surface area contributed by atoms with Gasteiger partial charge in [-0.2, -0.15) is 0 Å². The molecule has 110 valence electrons. The van der Waals surface area contributed by atoms with E-state index in [1.54, 1.807) is 6.07 Å². The molecule has 20 heavy (non-hydrogen) atoms. The second-order valence-corrected chi connectivity index (χ2v) is 6.56. The standard InChI is InChI=1S/C14H19FN2O2S/c1-3-10(4-2)8-17-9-14(20(16,18)19)12-7-11(15)5-6-13(12)17/h5-7,9-10H,3-4,8H2,1-2H3,(H2,16,18,19). The van der Waals surface area contributed by atoms with E-state index in [0.717, 1.165) is 12.8 Å². The highest BCUT2D eigenvalue weighted by molar-refractivity contribution is 7.89. The summed E-state index contributed by atoms with van der Waals surface area (Å²) in [5.74, 6) is -0.0216. The molecule has 4 nitrogen and oxygen atoms in total. The van der Waals surface area contributed by atoms with Crippen LogP contribution in [0.15, 0.2) is 29.3 Å². The Hall–Kier alpha value is -1.40. The van der Waals surface area contributed by atoms with Gasteiger partial charge in [0.15, 0.2) is 0 Å². The van der Waals surface area contributed by atoms with E-state index in [1.807, 2.05) is 4.57 Å². The Balaban J connectivity index is 2.62. The van der Waals surface area contributed by atoms with Crippen LogP contribution < -0.4 is 5.14 Å². The van der Waals surface area contributed by atoms with E-state index >= 15 is 0 Å². The van der Waals surface area contributed by atoms with Crippen LogP contribution >= 0.6 is 0 Å². The molecule has 0 fully saturated rings. The summed E-state index contributed by atoms with van der Waals surface area (Å²) in [6.45, 7) is 4.89. The lowest BCUT2D eigenvalue weighted by molar-refractivity contribution is 0.424. The van der Waals surface area contributed by atoms with E-state index in [0.29, 0.717) is 23.4 Å². The van der Waals surface area contributed by atoms with E-state index in [4.69, 9.17) is 5.14 Å². The predicted molar refractivity (Wildman–Crippen MR) is 77.3 cm³/mol. The summed E-state index contributed by atoms with van der Waals surface area (Å²) in [4.78, 5) is -0.0158. The maximum absolute atomic E-state index is 13.4. The summed E-state index contributed by atoms with van der Waals surface area (Å²) in [5.41, 5.74) is 0.697. The third-order valence-electron chi connectivity index (χ3n) is 3.72. The maximum atomic E-state index is 13.4. The number of aromatic nitrogens is 1. The van der Waals surface area contributed by atoms with Crippen molar-refractivity contribution < 1.29 is 12.8 Å². The number of sulfonamides is 1. The molecule has 0 bridgehead atoms. The molecule has 1 aromatic carbocycles. The topological polar surface area (TPSA) is 65.1 Å². The Morgan fingerprint density at radius 2 is 1.95 bits per heavy atom. The smallest absolute Gasteiger partial charge is 0.240 e. The highest BCUT2D eigenvalue weighted by Crippen LogP contribution is 2.27. The van der Waals surface area contributed by atoms with E-state index in [1.165, 1.54) is 18.3 Å². The molecule has 0 aliphatic carbocycles. The average molecular weight is 298 g/mol. The Morgan fingerprint density at radius 1 is 1.30 bits per heavy atom. The number of nitrogens with two attached hydrogens (primary N) is 1. The second-order valence-electron chi connectivity index (χ2n) is 5.03. The highest BCUT2D eigenvalue weighted by Gasteiger charge is 2.19. The lowest BCUT2D eigenvalue weighted by Gasteiger charge is -2.14. The zero-order valence-electron chi connectivity index (χ0n) is 11.6. The fourth-order valence-electron chi connectivity index (χ4n) is 2.44. The van der Waals surface area contributed by atoms with Crippen molar-refractivity contribution in [3.05, 3.63) is 30.2 Å². The van der Waals surface area contributed by atoms with Crippen LogP contribution in [0.1, 0.15) is 26.7 Å². The van der Waals surface area contributed by atoms with Gasteiger partial charge in [0.1, 0.15) is 10.7 Å². The molecule has 0 radical (unpaired) electrons. The first-order valence-electron chi connectivity index (χ1n) is 6.68. The summed E-state index contributed by atoms with van der Waals surface area (Å²) in [7, 11) is -3.86. The lowest BCUT2D eigenvalue weighted by atomic mass is 10.0. The molecule has 1 aromatic heterocycles. The van der Waals surface area contributed by atoms with E-state index in [9.17, 15) is 12.8 Å². The van der Waals surface area contributed by atoms with Crippen LogP contribution in [0.5, 0.6) is 0 Å². The van der Waals surface area contributed by atoms with Crippen molar-refractivity contribution in [2.75, 3.05) is 0 Å². The van der Waals surface area contributed by atoms with Crippen molar-refractivity contribution in [1.29, 1.82) is 0 Å². The Morgan fingerprint density at radius 3 is 2.50 bits per heavy atom. The van der Waals surface area contributed by atoms with Crippen molar-refractivity contribution in [3.8, 4) is 0 Å². The molecule has 0 atom stereocenters. The van der Waals surface area contributed by atoms with Crippen molar-refractivity contribution in [2.24, 2.45) is 11.1 Å². The van der Waals surface area contributed by atoms with Crippen LogP contribution in [-0.2, 0) is 16.6 Å². The summed E-state index contributed by atoms with van der Waals surface area (Å²) in [5, 5.41) is 5.56. The minimum Gasteiger partial charge on any atom is -0.346 e. The summed E-state index contributed by atoms with van der Waals surface area (Å²) < 4.78 is 38.5. The number of benzene rings is 1. The summed E-state index contributed by atoms with van der Waals surface area (Å²) >= 11 is 0. The Kier molecular flexibility index (Phi) is 4.15. The molecule has 0 aliphatic heterocycles. The lowest BCUT2D eigenvalue weighted by Crippen LogP contribution is -2.12. The van der Waals surface area contributed by atoms with E-state index in [2.05, 4.69) is 13.8 Å². The van der Waals surface area contributed by atoms with Gasteiger partial charge < -0.3 is 4.57 Å². The zero-order chi connectivity index (χ0) is 14.9. The number of halogens is 1. The number of fused-ring (bicyclic) bond motifs is 1. The van der Waals surface area contributed by atoms with Gasteiger partial charge in [-0.05, 0) is 24.1 Å². The Labute approximate surface area is 118 Å². The van der Waals surface area contributed by atoms with Crippen LogP contribution in [0.2, 0.25) is 0 Å². The maximum Gasteiger partial charge on any atom is 0.240 e. The van der Waals surface area contributed by atoms with Gasteiger partial charge in [0.05, 0.1) is 0 Å². The quantitative estimate of drug-likeness (QED) is 0.922. The highest BCUT2D eigenvalue weighted by atomic mass is 32.2. The van der Waals surface area contributed by atoms with Crippen molar-refractivity contribution in [2.45, 2.75) is 38.1 Å². The number of rotatable bonds is 5. The fourth-order valence-corrected chi connectivity index (χ4v) is 3.18. The molecular formula is C14H19FN2O2S. The van der Waals surface area contributed by atoms with Gasteiger partial charge in [-0.15, -0.1) is 0 Å². The zero-order valence-corrected chi connectivity index (χ0v) is 12.5. The van der Waals surface area contributed by atoms with Gasteiger partial charge in [-0.25, -0.2) is 17.9 Å². The number of nitrogens with zero attached hydrogens (tertiary/aromatic N) is 1. The first-order valence-corrected chi connectivity index (χ1v) is 8.22. The third-order valence-corrected chi connectivity index (χ3v) is 4.66. The summed E-state index contributed by atoms with van der Waals surface area (Å²) in [6, 6.07) is 4.15. The molecule has 0 unspecified atom stereocenters. The molecule has 2 aromatic rings. The summed E-state index contributed by atoms with van der Waals surface area (Å²) in [6.07, 6.45) is 3.52. The van der Waals surface area contributed by atoms with Crippen LogP contribution in [0, 0.1) is 11.7 Å². The first kappa shape index (κ1) is 15.0. The van der Waals surface area contributed by atoms with Gasteiger partial charge >= 0.3 is 0 Å². The number of hydrogen-bond donors (Lipinski definition) is 1. The van der Waals surface area contributed by atoms with Crippen LogP contribution in [-0.4, -0.2) is 13.0 Å². The monoisotopic (exact) mass is 298 g/mol. The molecular weight excluding hydrogens is 279 g/mol. The minimum atomic E-state index is -3.86. The Bertz CT molecular complexity index is 718. The molecule has 2 N–H and O–H groups in total. The van der Waals surface area contributed by atoms with Crippen LogP contribution in [0.3, 0.4) is 0 Å². The normalized spacial score (nSPS) is 12.4. The molecule has 0 aliphatic rings. The van der Waals surface area contributed by atoms with Crippen LogP contribution in [0.25, 0.3) is 10.9 Å². The van der Waals surface area contributed by atoms with Gasteiger partial charge in [-0.3, -0.25) is 0 Å². The van der Waals surface area contributed by atoms with Gasteiger partial charge in [0.25, 0.3) is 0 Å². The number of primary sulfonamides is 1. The first-order chi connectivity index (χ1) is 9.36. The fraction of sp³-hybridized carbons (Fsp3) is 0.429. The van der Waals surface area contributed by atoms with Gasteiger partial charge in [0, 0.05) is 23.6 Å². The molecule has 0 amide bonds. The molecule has 1 heterocycles. The minimum absolute atomic E-state index is 0.0158. The SMILES string of the molecule is CCC(CC)Cn1cc(S(N)(=O)=O)c2cc(F)ccc21. The molecule has 0 spiro atoms. The predicted octanol–water partition coefficient (Wildman–Crippen LogP) is 2.86. The van der Waals surface area contributed by atoms with Crippen molar-refractivity contribution in [3.63, 3.8) is 0 Å². The van der Waals surface area contributed by atoms with Crippen molar-refractivity contribution >= 4 is 20.9 Å². The van der Waals surface area contributed by atoms with Gasteiger partial charge in [0.2, 0.25) is 10.0 Å². The molecule has 2 rings (SSSR count). The third kappa shape index (κ3) is 2.86. The average Bonchev–Trinajstić information content (AvgIpc) is 2.73. The van der Waals surface area contributed by atoms with Crippen LogP contribution in [0.4, 0.5) is 4.39 Å². The van der Waals surface area contributed by atoms with E-state index < -0.39 is 15.8 Å². The largest absolute Gasteiger partial charge is 0.346 e. The van der Waals surface area contributed by atoms with E-state index in [-0.39, 0.29) is 4.90 Å². The number of hydrogen-bond acceptors (Lipinski definition) is 2. The molecule has 0 saturated heterocycles. The second kappa shape index (κ2) is 5.54. The molecule has 0 saturated carbocycles. The van der Waals surface area contributed by atoms with Gasteiger partial charge in [-0.1, -0.05) is 26.7 Å². The molecule has 6 heteroatoms.